The third-order valence-corrected chi connectivity index (χ3v) is 6.64. The van der Waals surface area contributed by atoms with E-state index in [4.69, 9.17) is 0 Å². The van der Waals surface area contributed by atoms with Crippen LogP contribution in [0.5, 0.6) is 0 Å². The molecule has 0 aliphatic carbocycles. The average Bonchev–Trinajstić information content (AvgIpc) is 2.94. The maximum Gasteiger partial charge on any atom is 0.416 e. The summed E-state index contributed by atoms with van der Waals surface area (Å²) in [5.74, 6) is -1.84. The van der Waals surface area contributed by atoms with Gasteiger partial charge in [-0.3, -0.25) is 14.6 Å². The van der Waals surface area contributed by atoms with Gasteiger partial charge in [0.1, 0.15) is 17.0 Å². The SMILES string of the molecule is C[C@@H](CO)CCn1c(C(=O)NCc2cc(C(F)(F)F)cc(C(F)(F)F)c2)c(-c2ccc(F)cc2)c2cccnc2c1=O. The predicted octanol–water partition coefficient (Wildman–Crippen LogP) is 6.19. The highest BCUT2D eigenvalue weighted by molar-refractivity contribution is 6.07. The van der Waals surface area contributed by atoms with E-state index in [0.717, 1.165) is 16.7 Å². The molecule has 2 N–H and O–H groups in total. The number of aromatic nitrogens is 2. The van der Waals surface area contributed by atoms with Gasteiger partial charge in [-0.15, -0.1) is 0 Å². The number of pyridine rings is 2. The van der Waals surface area contributed by atoms with Gasteiger partial charge in [-0.05, 0) is 59.9 Å². The van der Waals surface area contributed by atoms with Crippen LogP contribution in [-0.4, -0.2) is 27.2 Å². The second kappa shape index (κ2) is 11.9. The summed E-state index contributed by atoms with van der Waals surface area (Å²) in [6.45, 7) is 0.674. The molecule has 13 heteroatoms. The van der Waals surface area contributed by atoms with Crippen LogP contribution in [0.4, 0.5) is 30.7 Å². The van der Waals surface area contributed by atoms with E-state index in [2.05, 4.69) is 10.3 Å². The number of alkyl halides is 6. The normalized spacial score (nSPS) is 12.9. The molecule has 2 aromatic heterocycles. The zero-order valence-corrected chi connectivity index (χ0v) is 22.0. The predicted molar refractivity (Wildman–Crippen MR) is 140 cm³/mol. The topological polar surface area (TPSA) is 84.2 Å². The third kappa shape index (κ3) is 6.62. The fraction of sp³-hybridized carbons (Fsp3) is 0.276. The van der Waals surface area contributed by atoms with Gasteiger partial charge in [-0.1, -0.05) is 25.1 Å². The maximum absolute atomic E-state index is 13.8. The van der Waals surface area contributed by atoms with E-state index in [1.165, 1.54) is 30.5 Å². The zero-order valence-electron chi connectivity index (χ0n) is 22.0. The first kappa shape index (κ1) is 30.7. The Balaban J connectivity index is 1.87. The van der Waals surface area contributed by atoms with Gasteiger partial charge in [-0.2, -0.15) is 26.3 Å². The fourth-order valence-electron chi connectivity index (χ4n) is 4.46. The molecule has 4 rings (SSSR count). The number of aliphatic hydroxyl groups is 1. The molecule has 0 spiro atoms. The number of hydrogen-bond donors (Lipinski definition) is 2. The summed E-state index contributed by atoms with van der Waals surface area (Å²) in [6.07, 6.45) is -8.55. The lowest BCUT2D eigenvalue weighted by Gasteiger charge is -2.20. The van der Waals surface area contributed by atoms with Crippen molar-refractivity contribution >= 4 is 16.8 Å². The summed E-state index contributed by atoms with van der Waals surface area (Å²) in [5, 5.41) is 12.1. The van der Waals surface area contributed by atoms with Gasteiger partial charge in [-0.25, -0.2) is 4.39 Å². The first-order valence-corrected chi connectivity index (χ1v) is 12.7. The van der Waals surface area contributed by atoms with Gasteiger partial charge in [0.25, 0.3) is 11.5 Å². The number of carbonyl (C=O) groups excluding carboxylic acids is 1. The maximum atomic E-state index is 13.8. The Morgan fingerprint density at radius 2 is 1.62 bits per heavy atom. The van der Waals surface area contributed by atoms with Crippen molar-refractivity contribution in [1.82, 2.24) is 14.9 Å². The molecule has 0 aliphatic rings. The largest absolute Gasteiger partial charge is 0.416 e. The first-order chi connectivity index (χ1) is 19.7. The van der Waals surface area contributed by atoms with Crippen molar-refractivity contribution in [2.75, 3.05) is 6.61 Å². The smallest absolute Gasteiger partial charge is 0.396 e. The van der Waals surface area contributed by atoms with E-state index in [-0.39, 0.29) is 53.7 Å². The average molecular weight is 596 g/mol. The van der Waals surface area contributed by atoms with Crippen LogP contribution in [0.1, 0.15) is 40.5 Å². The molecule has 6 nitrogen and oxygen atoms in total. The van der Waals surface area contributed by atoms with Crippen molar-refractivity contribution in [3.05, 3.63) is 99.3 Å². The fourth-order valence-corrected chi connectivity index (χ4v) is 4.46. The number of hydrogen-bond acceptors (Lipinski definition) is 4. The molecule has 4 aromatic rings. The number of aliphatic hydroxyl groups excluding tert-OH is 1. The van der Waals surface area contributed by atoms with Gasteiger partial charge in [0.15, 0.2) is 0 Å². The molecule has 42 heavy (non-hydrogen) atoms. The molecule has 2 heterocycles. The zero-order chi connectivity index (χ0) is 30.8. The van der Waals surface area contributed by atoms with Crippen molar-refractivity contribution in [2.45, 2.75) is 38.8 Å². The van der Waals surface area contributed by atoms with Gasteiger partial charge in [0.05, 0.1) is 11.1 Å². The molecule has 0 bridgehead atoms. The van der Waals surface area contributed by atoms with Gasteiger partial charge in [0, 0.05) is 36.8 Å². The minimum absolute atomic E-state index is 0.0160. The van der Waals surface area contributed by atoms with Gasteiger partial charge in [0.2, 0.25) is 0 Å². The lowest BCUT2D eigenvalue weighted by Crippen LogP contribution is -2.34. The van der Waals surface area contributed by atoms with Gasteiger partial charge < -0.3 is 15.0 Å². The van der Waals surface area contributed by atoms with Gasteiger partial charge >= 0.3 is 12.4 Å². The number of fused-ring (bicyclic) bond motifs is 1. The Bertz CT molecular complexity index is 1630. The Hall–Kier alpha value is -4.26. The molecule has 0 aliphatic heterocycles. The second-order valence-corrected chi connectivity index (χ2v) is 9.76. The highest BCUT2D eigenvalue weighted by atomic mass is 19.4. The summed E-state index contributed by atoms with van der Waals surface area (Å²) in [5.41, 5.74) is -4.03. The molecule has 2 aromatic carbocycles. The number of nitrogens with one attached hydrogen (secondary N) is 1. The molecular weight excluding hydrogens is 571 g/mol. The van der Waals surface area contributed by atoms with Crippen LogP contribution in [-0.2, 0) is 25.4 Å². The van der Waals surface area contributed by atoms with E-state index >= 15 is 0 Å². The Labute approximate surface area is 234 Å². The van der Waals surface area contributed by atoms with Crippen LogP contribution in [0.25, 0.3) is 22.0 Å². The molecule has 1 atom stereocenters. The highest BCUT2D eigenvalue weighted by Crippen LogP contribution is 2.36. The van der Waals surface area contributed by atoms with Crippen LogP contribution in [0.3, 0.4) is 0 Å². The Morgan fingerprint density at radius 3 is 2.19 bits per heavy atom. The molecular formula is C29H24F7N3O3. The van der Waals surface area contributed by atoms with Crippen molar-refractivity contribution in [1.29, 1.82) is 0 Å². The number of halogens is 7. The number of carbonyl (C=O) groups is 1. The van der Waals surface area contributed by atoms with Crippen LogP contribution >= 0.6 is 0 Å². The standard InChI is InChI=1S/C29H24F7N3O3/c1-16(15-40)8-10-39-25(23(18-4-6-21(30)7-5-18)22-3-2-9-37-24(22)27(39)42)26(41)38-14-17-11-19(28(31,32)33)13-20(12-17)29(34,35)36/h2-7,9,11-13,16,40H,8,10,14-15H2,1H3,(H,38,41)/t16-/m1/s1. The monoisotopic (exact) mass is 595 g/mol. The van der Waals surface area contributed by atoms with E-state index in [0.29, 0.717) is 17.7 Å². The summed E-state index contributed by atoms with van der Waals surface area (Å²) in [7, 11) is 0. The lowest BCUT2D eigenvalue weighted by molar-refractivity contribution is -0.143. The van der Waals surface area contributed by atoms with Crippen molar-refractivity contribution in [3.8, 4) is 11.1 Å². The van der Waals surface area contributed by atoms with Crippen LogP contribution in [0.15, 0.2) is 65.6 Å². The van der Waals surface area contributed by atoms with Crippen LogP contribution < -0.4 is 10.9 Å². The molecule has 0 saturated carbocycles. The number of benzene rings is 2. The van der Waals surface area contributed by atoms with E-state index in [1.807, 2.05) is 0 Å². The highest BCUT2D eigenvalue weighted by Gasteiger charge is 2.37. The molecule has 0 radical (unpaired) electrons. The minimum atomic E-state index is -5.08. The van der Waals surface area contributed by atoms with Crippen LogP contribution in [0, 0.1) is 11.7 Å². The van der Waals surface area contributed by atoms with E-state index in [1.54, 1.807) is 6.92 Å². The van der Waals surface area contributed by atoms with E-state index in [9.17, 15) is 45.4 Å². The number of rotatable bonds is 8. The summed E-state index contributed by atoms with van der Waals surface area (Å²) < 4.78 is 95.0. The van der Waals surface area contributed by atoms with Crippen molar-refractivity contribution < 1.29 is 40.6 Å². The van der Waals surface area contributed by atoms with Crippen molar-refractivity contribution in [3.63, 3.8) is 0 Å². The summed E-state index contributed by atoms with van der Waals surface area (Å²) in [4.78, 5) is 31.4. The quantitative estimate of drug-likeness (QED) is 0.238. The molecule has 0 fully saturated rings. The Kier molecular flexibility index (Phi) is 8.71. The first-order valence-electron chi connectivity index (χ1n) is 12.7. The minimum Gasteiger partial charge on any atom is -0.396 e. The molecule has 0 saturated heterocycles. The molecule has 1 amide bonds. The van der Waals surface area contributed by atoms with Crippen LogP contribution in [0.2, 0.25) is 0 Å². The number of nitrogens with zero attached hydrogens (tertiary/aromatic N) is 2. The lowest BCUT2D eigenvalue weighted by atomic mass is 9.97. The van der Waals surface area contributed by atoms with Crippen molar-refractivity contribution in [2.24, 2.45) is 5.92 Å². The summed E-state index contributed by atoms with van der Waals surface area (Å²) in [6, 6.07) is 8.98. The van der Waals surface area contributed by atoms with E-state index < -0.39 is 52.9 Å². The third-order valence-electron chi connectivity index (χ3n) is 6.64. The molecule has 0 unspecified atom stereocenters. The molecule has 222 valence electrons. The summed E-state index contributed by atoms with van der Waals surface area (Å²) >= 11 is 0. The second-order valence-electron chi connectivity index (χ2n) is 9.76. The number of amides is 1. The Morgan fingerprint density at radius 1 is 1.00 bits per heavy atom.